The third-order valence-electron chi connectivity index (χ3n) is 5.14. The molecule has 11 heteroatoms. The number of anilines is 2. The largest absolute Gasteiger partial charge is 0.440 e. The number of fused-ring (bicyclic) bond motifs is 1. The zero-order valence-electron chi connectivity index (χ0n) is 16.9. The lowest BCUT2D eigenvalue weighted by atomic mass is 10.1. The van der Waals surface area contributed by atoms with Gasteiger partial charge in [0.05, 0.1) is 35.1 Å². The number of nitrogens with one attached hydrogen (secondary N) is 1. The zero-order chi connectivity index (χ0) is 23.0. The van der Waals surface area contributed by atoms with Crippen LogP contribution in [0.5, 0.6) is 0 Å². The summed E-state index contributed by atoms with van der Waals surface area (Å²) in [4.78, 5) is 14.5. The van der Waals surface area contributed by atoms with Crippen LogP contribution in [-0.4, -0.2) is 34.7 Å². The minimum atomic E-state index is -5.04. The molecule has 0 spiro atoms. The highest BCUT2D eigenvalue weighted by molar-refractivity contribution is 7.86. The topological polar surface area (TPSA) is 88.8 Å². The molecule has 170 valence electrons. The molecule has 0 saturated carbocycles. The summed E-state index contributed by atoms with van der Waals surface area (Å²) in [6, 6.07) is 5.22. The van der Waals surface area contributed by atoms with Gasteiger partial charge in [-0.15, -0.1) is 3.89 Å². The number of hydrogen-bond donors (Lipinski definition) is 1. The fourth-order valence-corrected chi connectivity index (χ4v) is 4.16. The summed E-state index contributed by atoms with van der Waals surface area (Å²) in [5.74, 6) is -1.37. The highest BCUT2D eigenvalue weighted by Crippen LogP contribution is 2.31. The molecule has 1 aliphatic heterocycles. The summed E-state index contributed by atoms with van der Waals surface area (Å²) >= 11 is 0. The maximum Gasteiger partial charge on any atom is 0.332 e. The van der Waals surface area contributed by atoms with E-state index in [9.17, 15) is 25.9 Å². The second kappa shape index (κ2) is 8.47. The third kappa shape index (κ3) is 4.44. The predicted molar refractivity (Wildman–Crippen MR) is 112 cm³/mol. The van der Waals surface area contributed by atoms with Crippen molar-refractivity contribution in [1.82, 2.24) is 0 Å². The number of ether oxygens (including phenoxy) is 1. The van der Waals surface area contributed by atoms with E-state index in [0.29, 0.717) is 26.3 Å². The molecule has 1 aromatic heterocycles. The molecule has 1 N–H and O–H groups in total. The maximum atomic E-state index is 13.6. The Bertz CT molecular complexity index is 1320. The first-order chi connectivity index (χ1) is 15.1. The number of rotatable bonds is 5. The molecule has 1 atom stereocenters. The number of morpholine rings is 1. The van der Waals surface area contributed by atoms with Crippen LogP contribution < -0.4 is 15.6 Å². The van der Waals surface area contributed by atoms with E-state index in [0.717, 1.165) is 30.3 Å². The third-order valence-corrected chi connectivity index (χ3v) is 5.95. The Hall–Kier alpha value is -3.05. The summed E-state index contributed by atoms with van der Waals surface area (Å²) in [5.41, 5.74) is -0.299. The first-order valence-corrected chi connectivity index (χ1v) is 11.1. The van der Waals surface area contributed by atoms with Gasteiger partial charge >= 0.3 is 10.2 Å². The number of hydrogen-bond acceptors (Lipinski definition) is 7. The van der Waals surface area contributed by atoms with E-state index in [2.05, 4.69) is 5.32 Å². The van der Waals surface area contributed by atoms with Crippen LogP contribution in [0.25, 0.3) is 11.0 Å². The van der Waals surface area contributed by atoms with E-state index >= 15 is 0 Å². The molecule has 1 unspecified atom stereocenters. The average molecular weight is 468 g/mol. The second-order valence-electron chi connectivity index (χ2n) is 7.37. The SMILES string of the molecule is CC(Nc1cc(F)cc(F)c1)c1c(N2CCOCC2)oc2ccc(S(=O)(=O)F)cc2c1=O. The van der Waals surface area contributed by atoms with Crippen LogP contribution in [0.1, 0.15) is 18.5 Å². The van der Waals surface area contributed by atoms with E-state index in [1.54, 1.807) is 11.8 Å². The summed E-state index contributed by atoms with van der Waals surface area (Å²) in [6.07, 6.45) is 0. The minimum Gasteiger partial charge on any atom is -0.440 e. The lowest BCUT2D eigenvalue weighted by Crippen LogP contribution is -2.38. The van der Waals surface area contributed by atoms with Crippen LogP contribution in [0.2, 0.25) is 0 Å². The molecule has 4 rings (SSSR count). The van der Waals surface area contributed by atoms with Crippen molar-refractivity contribution < 1.29 is 30.2 Å². The molecule has 32 heavy (non-hydrogen) atoms. The lowest BCUT2D eigenvalue weighted by Gasteiger charge is -2.30. The summed E-state index contributed by atoms with van der Waals surface area (Å²) in [5, 5.41) is 2.75. The van der Waals surface area contributed by atoms with Crippen molar-refractivity contribution in [2.45, 2.75) is 17.9 Å². The van der Waals surface area contributed by atoms with Crippen LogP contribution in [0, 0.1) is 11.6 Å². The van der Waals surface area contributed by atoms with Gasteiger partial charge in [-0.1, -0.05) is 0 Å². The number of halogens is 3. The van der Waals surface area contributed by atoms with Crippen molar-refractivity contribution in [3.05, 3.63) is 63.8 Å². The Labute approximate surface area is 181 Å². The lowest BCUT2D eigenvalue weighted by molar-refractivity contribution is 0.120. The molecule has 0 radical (unpaired) electrons. The zero-order valence-corrected chi connectivity index (χ0v) is 17.7. The molecular weight excluding hydrogens is 449 g/mol. The molecule has 3 aromatic rings. The van der Waals surface area contributed by atoms with Gasteiger partial charge in [0.2, 0.25) is 5.88 Å². The summed E-state index contributed by atoms with van der Waals surface area (Å²) < 4.78 is 74.7. The Morgan fingerprint density at radius 2 is 1.72 bits per heavy atom. The monoisotopic (exact) mass is 468 g/mol. The smallest absolute Gasteiger partial charge is 0.332 e. The van der Waals surface area contributed by atoms with Gasteiger partial charge in [0, 0.05) is 24.8 Å². The van der Waals surface area contributed by atoms with Gasteiger partial charge in [0.1, 0.15) is 17.2 Å². The van der Waals surface area contributed by atoms with E-state index in [4.69, 9.17) is 9.15 Å². The molecule has 0 aliphatic carbocycles. The van der Waals surface area contributed by atoms with Crippen molar-refractivity contribution in [2.24, 2.45) is 0 Å². The fourth-order valence-electron chi connectivity index (χ4n) is 3.67. The molecule has 1 fully saturated rings. The van der Waals surface area contributed by atoms with Gasteiger partial charge in [0.15, 0.2) is 5.43 Å². The summed E-state index contributed by atoms with van der Waals surface area (Å²) in [7, 11) is -5.04. The van der Waals surface area contributed by atoms with Crippen LogP contribution in [0.3, 0.4) is 0 Å². The second-order valence-corrected chi connectivity index (χ2v) is 8.72. The molecule has 2 aromatic carbocycles. The predicted octanol–water partition coefficient (Wildman–Crippen LogP) is 3.74. The Kier molecular flexibility index (Phi) is 5.87. The van der Waals surface area contributed by atoms with Gasteiger partial charge < -0.3 is 19.4 Å². The summed E-state index contributed by atoms with van der Waals surface area (Å²) in [6.45, 7) is 3.26. The highest BCUT2D eigenvalue weighted by atomic mass is 32.3. The van der Waals surface area contributed by atoms with E-state index < -0.39 is 38.2 Å². The molecular formula is C21H19F3N2O5S. The van der Waals surface area contributed by atoms with Gasteiger partial charge in [0.25, 0.3) is 0 Å². The Morgan fingerprint density at radius 3 is 2.34 bits per heavy atom. The Morgan fingerprint density at radius 1 is 1.06 bits per heavy atom. The van der Waals surface area contributed by atoms with Crippen LogP contribution in [0.15, 0.2) is 50.5 Å². The molecule has 7 nitrogen and oxygen atoms in total. The average Bonchev–Trinajstić information content (AvgIpc) is 2.72. The fraction of sp³-hybridized carbons (Fsp3) is 0.286. The van der Waals surface area contributed by atoms with Crippen molar-refractivity contribution in [2.75, 3.05) is 36.5 Å². The normalized spacial score (nSPS) is 15.7. The standard InChI is InChI=1S/C21H19F3N2O5S/c1-12(25-15-9-13(22)8-14(23)10-15)19-20(27)17-11-16(32(24,28)29)2-3-18(17)31-21(19)26-4-6-30-7-5-26/h2-3,8-12,25H,4-7H2,1H3. The first-order valence-electron chi connectivity index (χ1n) is 9.74. The Balaban J connectivity index is 1.88. The molecule has 0 amide bonds. The van der Waals surface area contributed by atoms with Gasteiger partial charge in [-0.2, -0.15) is 8.42 Å². The van der Waals surface area contributed by atoms with Crippen molar-refractivity contribution in [3.8, 4) is 0 Å². The molecule has 1 aliphatic rings. The van der Waals surface area contributed by atoms with Crippen LogP contribution in [-0.2, 0) is 15.0 Å². The maximum absolute atomic E-state index is 13.6. The van der Waals surface area contributed by atoms with Crippen molar-refractivity contribution in [1.29, 1.82) is 0 Å². The van der Waals surface area contributed by atoms with E-state index in [1.165, 1.54) is 6.07 Å². The molecule has 0 bridgehead atoms. The number of benzene rings is 2. The van der Waals surface area contributed by atoms with Gasteiger partial charge in [-0.25, -0.2) is 8.78 Å². The van der Waals surface area contributed by atoms with E-state index in [-0.39, 0.29) is 28.1 Å². The first kappa shape index (κ1) is 22.2. The van der Waals surface area contributed by atoms with Crippen molar-refractivity contribution in [3.63, 3.8) is 0 Å². The highest BCUT2D eigenvalue weighted by Gasteiger charge is 2.26. The number of nitrogens with zero attached hydrogens (tertiary/aromatic N) is 1. The van der Waals surface area contributed by atoms with Gasteiger partial charge in [-0.3, -0.25) is 4.79 Å². The molecule has 2 heterocycles. The van der Waals surface area contributed by atoms with Crippen LogP contribution >= 0.6 is 0 Å². The quantitative estimate of drug-likeness (QED) is 0.571. The van der Waals surface area contributed by atoms with E-state index in [1.807, 2.05) is 0 Å². The van der Waals surface area contributed by atoms with Crippen LogP contribution in [0.4, 0.5) is 24.2 Å². The minimum absolute atomic E-state index is 0.0802. The van der Waals surface area contributed by atoms with Crippen molar-refractivity contribution >= 4 is 32.8 Å². The van der Waals surface area contributed by atoms with Gasteiger partial charge in [-0.05, 0) is 37.3 Å². The molecule has 1 saturated heterocycles.